The van der Waals surface area contributed by atoms with Crippen LogP contribution in [0.25, 0.3) is 5.52 Å². The number of methoxy groups -OCH3 is 1. The van der Waals surface area contributed by atoms with Crippen LogP contribution in [0.3, 0.4) is 0 Å². The summed E-state index contributed by atoms with van der Waals surface area (Å²) in [5.74, 6) is 6.37. The van der Waals surface area contributed by atoms with Crippen molar-refractivity contribution in [3.05, 3.63) is 64.9 Å². The molecule has 0 saturated heterocycles. The summed E-state index contributed by atoms with van der Waals surface area (Å²) in [4.78, 5) is 0. The Bertz CT molecular complexity index is 771. The number of hydrogen-bond donors (Lipinski definition) is 2. The third-order valence-corrected chi connectivity index (χ3v) is 3.75. The van der Waals surface area contributed by atoms with Crippen LogP contribution in [0.1, 0.15) is 17.2 Å². The highest BCUT2D eigenvalue weighted by Gasteiger charge is 2.18. The number of ether oxygens (including phenoxy) is 1. The van der Waals surface area contributed by atoms with Crippen molar-refractivity contribution in [3.63, 3.8) is 0 Å². The van der Waals surface area contributed by atoms with Crippen LogP contribution in [0.5, 0.6) is 5.75 Å². The lowest BCUT2D eigenvalue weighted by Gasteiger charge is -2.17. The summed E-state index contributed by atoms with van der Waals surface area (Å²) in [5, 5.41) is 4.90. The standard InChI is InChI=1S/C15H15ClN4O/c1-21-14-8-10(5-6-12(14)16)15(19-17)11-9-18-20-7-3-2-4-13(11)20/h2-9,15,19H,17H2,1H3. The molecule has 3 aromatic rings. The van der Waals surface area contributed by atoms with Gasteiger partial charge in [-0.05, 0) is 29.8 Å². The molecule has 0 saturated carbocycles. The quantitative estimate of drug-likeness (QED) is 0.574. The maximum atomic E-state index is 6.07. The van der Waals surface area contributed by atoms with E-state index in [0.29, 0.717) is 10.8 Å². The van der Waals surface area contributed by atoms with Gasteiger partial charge >= 0.3 is 0 Å². The van der Waals surface area contributed by atoms with Crippen LogP contribution in [-0.2, 0) is 0 Å². The van der Waals surface area contributed by atoms with Gasteiger partial charge in [0.1, 0.15) is 5.75 Å². The minimum atomic E-state index is -0.198. The number of hydrogen-bond acceptors (Lipinski definition) is 4. The second-order valence-electron chi connectivity index (χ2n) is 4.62. The molecule has 5 nitrogen and oxygen atoms in total. The highest BCUT2D eigenvalue weighted by atomic mass is 35.5. The van der Waals surface area contributed by atoms with Crippen LogP contribution < -0.4 is 16.0 Å². The SMILES string of the molecule is COc1cc(C(NN)c2cnn3ccccc23)ccc1Cl. The Balaban J connectivity index is 2.10. The lowest BCUT2D eigenvalue weighted by Crippen LogP contribution is -2.28. The molecule has 1 unspecified atom stereocenters. The van der Waals surface area contributed by atoms with Gasteiger partial charge in [0, 0.05) is 11.8 Å². The van der Waals surface area contributed by atoms with Gasteiger partial charge < -0.3 is 4.74 Å². The highest BCUT2D eigenvalue weighted by molar-refractivity contribution is 6.32. The number of nitrogens with one attached hydrogen (secondary N) is 1. The van der Waals surface area contributed by atoms with Gasteiger partial charge in [0.15, 0.2) is 0 Å². The molecule has 0 aliphatic heterocycles. The molecule has 6 heteroatoms. The number of aromatic nitrogens is 2. The van der Waals surface area contributed by atoms with Gasteiger partial charge in [-0.3, -0.25) is 5.84 Å². The summed E-state index contributed by atoms with van der Waals surface area (Å²) in [6.07, 6.45) is 3.70. The third-order valence-electron chi connectivity index (χ3n) is 3.44. The lowest BCUT2D eigenvalue weighted by molar-refractivity contribution is 0.414. The van der Waals surface area contributed by atoms with Crippen molar-refractivity contribution in [1.29, 1.82) is 0 Å². The number of pyridine rings is 1. The molecule has 0 spiro atoms. The summed E-state index contributed by atoms with van der Waals surface area (Å²) in [7, 11) is 1.59. The van der Waals surface area contributed by atoms with E-state index in [1.165, 1.54) is 0 Å². The molecular weight excluding hydrogens is 288 g/mol. The first-order valence-corrected chi connectivity index (χ1v) is 6.84. The number of halogens is 1. The summed E-state index contributed by atoms with van der Waals surface area (Å²) in [5.41, 5.74) is 5.77. The van der Waals surface area contributed by atoms with E-state index in [2.05, 4.69) is 10.5 Å². The molecule has 2 heterocycles. The molecule has 2 aromatic heterocycles. The fourth-order valence-corrected chi connectivity index (χ4v) is 2.59. The van der Waals surface area contributed by atoms with Crippen molar-refractivity contribution in [2.45, 2.75) is 6.04 Å². The molecule has 0 amide bonds. The first-order chi connectivity index (χ1) is 10.2. The first-order valence-electron chi connectivity index (χ1n) is 6.46. The molecule has 108 valence electrons. The van der Waals surface area contributed by atoms with Gasteiger partial charge in [-0.25, -0.2) is 9.94 Å². The van der Waals surface area contributed by atoms with E-state index in [1.807, 2.05) is 41.0 Å². The van der Waals surface area contributed by atoms with Crippen molar-refractivity contribution in [2.24, 2.45) is 5.84 Å². The number of nitrogens with zero attached hydrogens (tertiary/aromatic N) is 2. The average molecular weight is 303 g/mol. The normalized spacial score (nSPS) is 12.5. The second kappa shape index (κ2) is 5.73. The highest BCUT2D eigenvalue weighted by Crippen LogP contribution is 2.31. The van der Waals surface area contributed by atoms with Crippen molar-refractivity contribution in [1.82, 2.24) is 15.0 Å². The van der Waals surface area contributed by atoms with Crippen molar-refractivity contribution in [2.75, 3.05) is 7.11 Å². The maximum absolute atomic E-state index is 6.07. The molecule has 1 aromatic carbocycles. The Morgan fingerprint density at radius 2 is 2.19 bits per heavy atom. The second-order valence-corrected chi connectivity index (χ2v) is 5.03. The van der Waals surface area contributed by atoms with Gasteiger partial charge in [-0.15, -0.1) is 0 Å². The van der Waals surface area contributed by atoms with Gasteiger partial charge in [0.25, 0.3) is 0 Å². The van der Waals surface area contributed by atoms with Gasteiger partial charge in [0.2, 0.25) is 0 Å². The monoisotopic (exact) mass is 302 g/mol. The van der Waals surface area contributed by atoms with Crippen LogP contribution in [-0.4, -0.2) is 16.7 Å². The largest absolute Gasteiger partial charge is 0.495 e. The van der Waals surface area contributed by atoms with Gasteiger partial charge in [0.05, 0.1) is 29.9 Å². The smallest absolute Gasteiger partial charge is 0.137 e. The van der Waals surface area contributed by atoms with Gasteiger partial charge in [-0.2, -0.15) is 5.10 Å². The minimum Gasteiger partial charge on any atom is -0.495 e. The summed E-state index contributed by atoms with van der Waals surface area (Å²) < 4.78 is 7.08. The average Bonchev–Trinajstić information content (AvgIpc) is 2.94. The zero-order valence-corrected chi connectivity index (χ0v) is 12.2. The van der Waals surface area contributed by atoms with E-state index in [0.717, 1.165) is 16.6 Å². The first kappa shape index (κ1) is 13.9. The van der Waals surface area contributed by atoms with Crippen LogP contribution in [0.2, 0.25) is 5.02 Å². The van der Waals surface area contributed by atoms with Crippen LogP contribution in [0, 0.1) is 0 Å². The number of fused-ring (bicyclic) bond motifs is 1. The Labute approximate surface area is 127 Å². The summed E-state index contributed by atoms with van der Waals surface area (Å²) in [6, 6.07) is 11.3. The van der Waals surface area contributed by atoms with E-state index in [9.17, 15) is 0 Å². The zero-order chi connectivity index (χ0) is 14.8. The predicted octanol–water partition coefficient (Wildman–Crippen LogP) is 2.55. The number of hydrazine groups is 1. The minimum absolute atomic E-state index is 0.198. The number of rotatable bonds is 4. The number of benzene rings is 1. The van der Waals surface area contributed by atoms with Crippen molar-refractivity contribution in [3.8, 4) is 5.75 Å². The molecule has 0 bridgehead atoms. The fourth-order valence-electron chi connectivity index (χ4n) is 2.40. The fraction of sp³-hybridized carbons (Fsp3) is 0.133. The van der Waals surface area contributed by atoms with Crippen LogP contribution in [0.4, 0.5) is 0 Å². The predicted molar refractivity (Wildman–Crippen MR) is 82.4 cm³/mol. The Morgan fingerprint density at radius 3 is 2.95 bits per heavy atom. The molecule has 0 aliphatic carbocycles. The molecular formula is C15H15ClN4O. The molecule has 21 heavy (non-hydrogen) atoms. The molecule has 3 rings (SSSR count). The zero-order valence-electron chi connectivity index (χ0n) is 11.5. The van der Waals surface area contributed by atoms with Crippen LogP contribution in [0.15, 0.2) is 48.8 Å². The summed E-state index contributed by atoms with van der Waals surface area (Å²) >= 11 is 6.07. The van der Waals surface area contributed by atoms with Crippen molar-refractivity contribution < 1.29 is 4.74 Å². The maximum Gasteiger partial charge on any atom is 0.137 e. The van der Waals surface area contributed by atoms with Crippen molar-refractivity contribution >= 4 is 17.1 Å². The molecule has 0 fully saturated rings. The van der Waals surface area contributed by atoms with E-state index >= 15 is 0 Å². The van der Waals surface area contributed by atoms with E-state index < -0.39 is 0 Å². The lowest BCUT2D eigenvalue weighted by atomic mass is 10.0. The van der Waals surface area contributed by atoms with Gasteiger partial charge in [-0.1, -0.05) is 23.7 Å². The number of nitrogens with two attached hydrogens (primary N) is 1. The Kier molecular flexibility index (Phi) is 3.79. The van der Waals surface area contributed by atoms with E-state index in [1.54, 1.807) is 19.4 Å². The topological polar surface area (TPSA) is 64.6 Å². The van der Waals surface area contributed by atoms with E-state index in [-0.39, 0.29) is 6.04 Å². The molecule has 1 atom stereocenters. The summed E-state index contributed by atoms with van der Waals surface area (Å²) in [6.45, 7) is 0. The Hall–Kier alpha value is -2.08. The van der Waals surface area contributed by atoms with E-state index in [4.69, 9.17) is 22.2 Å². The molecule has 3 N–H and O–H groups in total. The molecule has 0 aliphatic rings. The molecule has 0 radical (unpaired) electrons. The third kappa shape index (κ3) is 2.47. The van der Waals surface area contributed by atoms with Crippen LogP contribution >= 0.6 is 11.6 Å². The Morgan fingerprint density at radius 1 is 1.33 bits per heavy atom.